The standard InChI is InChI=1S/C19H19NO3/c1-13-12-19(2,3)20-17-8-6-15(11-16(13)17)23-18(21)9-7-14-5-4-10-22-14/h4-12,20H,1-3H3. The normalized spacial score (nSPS) is 15.7. The number of hydrogen-bond donors (Lipinski definition) is 1. The summed E-state index contributed by atoms with van der Waals surface area (Å²) in [5.41, 5.74) is 3.17. The van der Waals surface area contributed by atoms with Crippen molar-refractivity contribution in [1.29, 1.82) is 0 Å². The van der Waals surface area contributed by atoms with Crippen molar-refractivity contribution >= 4 is 23.3 Å². The average Bonchev–Trinajstić information content (AvgIpc) is 2.98. The summed E-state index contributed by atoms with van der Waals surface area (Å²) in [6.07, 6.45) is 6.65. The summed E-state index contributed by atoms with van der Waals surface area (Å²) in [5, 5.41) is 3.45. The van der Waals surface area contributed by atoms with Gasteiger partial charge in [0.2, 0.25) is 0 Å². The first-order valence-corrected chi connectivity index (χ1v) is 7.48. The highest BCUT2D eigenvalue weighted by molar-refractivity contribution is 5.89. The molecule has 0 fully saturated rings. The molecule has 1 aliphatic heterocycles. The summed E-state index contributed by atoms with van der Waals surface area (Å²) in [7, 11) is 0. The number of rotatable bonds is 3. The van der Waals surface area contributed by atoms with Gasteiger partial charge in [-0.25, -0.2) is 4.79 Å². The van der Waals surface area contributed by atoms with Gasteiger partial charge in [0.15, 0.2) is 0 Å². The fourth-order valence-corrected chi connectivity index (χ4v) is 2.71. The molecular formula is C19H19NO3. The van der Waals surface area contributed by atoms with Crippen LogP contribution in [0, 0.1) is 0 Å². The number of fused-ring (bicyclic) bond motifs is 1. The molecule has 118 valence electrons. The molecule has 1 aromatic carbocycles. The van der Waals surface area contributed by atoms with E-state index in [1.54, 1.807) is 30.5 Å². The number of anilines is 1. The van der Waals surface area contributed by atoms with Crippen LogP contribution in [-0.2, 0) is 4.79 Å². The van der Waals surface area contributed by atoms with Crippen LogP contribution < -0.4 is 10.1 Å². The van der Waals surface area contributed by atoms with Crippen LogP contribution in [0.5, 0.6) is 5.75 Å². The van der Waals surface area contributed by atoms with Gasteiger partial charge in [-0.2, -0.15) is 0 Å². The molecule has 0 aliphatic carbocycles. The number of carbonyl (C=O) groups excluding carboxylic acids is 1. The molecular weight excluding hydrogens is 290 g/mol. The smallest absolute Gasteiger partial charge is 0.336 e. The average molecular weight is 309 g/mol. The number of esters is 1. The van der Waals surface area contributed by atoms with Gasteiger partial charge in [0, 0.05) is 17.3 Å². The van der Waals surface area contributed by atoms with Crippen molar-refractivity contribution < 1.29 is 13.9 Å². The van der Waals surface area contributed by atoms with Crippen LogP contribution in [0.4, 0.5) is 5.69 Å². The first kappa shape index (κ1) is 15.2. The number of nitrogens with one attached hydrogen (secondary N) is 1. The van der Waals surface area contributed by atoms with Gasteiger partial charge in [0.25, 0.3) is 0 Å². The van der Waals surface area contributed by atoms with Gasteiger partial charge in [0.1, 0.15) is 11.5 Å². The number of carbonyl (C=O) groups is 1. The number of benzene rings is 1. The monoisotopic (exact) mass is 309 g/mol. The maximum Gasteiger partial charge on any atom is 0.336 e. The van der Waals surface area contributed by atoms with E-state index in [1.165, 1.54) is 6.08 Å². The topological polar surface area (TPSA) is 51.5 Å². The Kier molecular flexibility index (Phi) is 3.82. The van der Waals surface area contributed by atoms with Crippen molar-refractivity contribution in [2.75, 3.05) is 5.32 Å². The number of ether oxygens (including phenoxy) is 1. The van der Waals surface area contributed by atoms with Crippen molar-refractivity contribution in [3.8, 4) is 5.75 Å². The Morgan fingerprint density at radius 1 is 1.30 bits per heavy atom. The first-order valence-electron chi connectivity index (χ1n) is 7.48. The van der Waals surface area contributed by atoms with E-state index in [0.717, 1.165) is 16.8 Å². The van der Waals surface area contributed by atoms with Crippen LogP contribution in [-0.4, -0.2) is 11.5 Å². The minimum absolute atomic E-state index is 0.0823. The molecule has 0 bridgehead atoms. The Bertz CT molecular complexity index is 783. The summed E-state index contributed by atoms with van der Waals surface area (Å²) in [5.74, 6) is 0.691. The Hall–Kier alpha value is -2.75. The summed E-state index contributed by atoms with van der Waals surface area (Å²) < 4.78 is 10.5. The van der Waals surface area contributed by atoms with Gasteiger partial charge in [-0.3, -0.25) is 0 Å². The molecule has 0 unspecified atom stereocenters. The summed E-state index contributed by atoms with van der Waals surface area (Å²) in [4.78, 5) is 11.9. The predicted octanol–water partition coefficient (Wildman–Crippen LogP) is 4.51. The van der Waals surface area contributed by atoms with E-state index in [1.807, 2.05) is 12.1 Å². The summed E-state index contributed by atoms with van der Waals surface area (Å²) >= 11 is 0. The molecule has 0 spiro atoms. The molecule has 0 atom stereocenters. The molecule has 0 radical (unpaired) electrons. The molecule has 0 saturated carbocycles. The number of furan rings is 1. The van der Waals surface area contributed by atoms with Crippen molar-refractivity contribution in [3.63, 3.8) is 0 Å². The maximum atomic E-state index is 11.9. The van der Waals surface area contributed by atoms with E-state index in [2.05, 4.69) is 32.2 Å². The molecule has 4 nitrogen and oxygen atoms in total. The maximum absolute atomic E-state index is 11.9. The molecule has 1 N–H and O–H groups in total. The second kappa shape index (κ2) is 5.80. The zero-order valence-corrected chi connectivity index (χ0v) is 13.4. The third-order valence-corrected chi connectivity index (χ3v) is 3.60. The van der Waals surface area contributed by atoms with Crippen molar-refractivity contribution in [3.05, 3.63) is 60.1 Å². The van der Waals surface area contributed by atoms with Crippen molar-refractivity contribution in [2.24, 2.45) is 0 Å². The second-order valence-electron chi connectivity index (χ2n) is 6.15. The molecule has 1 aliphatic rings. The lowest BCUT2D eigenvalue weighted by molar-refractivity contribution is -0.128. The van der Waals surface area contributed by atoms with Crippen LogP contribution in [0.2, 0.25) is 0 Å². The van der Waals surface area contributed by atoms with Gasteiger partial charge in [-0.15, -0.1) is 0 Å². The number of allylic oxidation sites excluding steroid dienone is 1. The molecule has 3 rings (SSSR count). The van der Waals surface area contributed by atoms with E-state index in [0.29, 0.717) is 11.5 Å². The van der Waals surface area contributed by atoms with E-state index >= 15 is 0 Å². The zero-order chi connectivity index (χ0) is 16.4. The Morgan fingerprint density at radius 2 is 2.13 bits per heavy atom. The molecule has 4 heteroatoms. The van der Waals surface area contributed by atoms with Gasteiger partial charge < -0.3 is 14.5 Å². The SMILES string of the molecule is CC1=CC(C)(C)Nc2ccc(OC(=O)C=Cc3ccco3)cc21. The second-order valence-corrected chi connectivity index (χ2v) is 6.15. The van der Waals surface area contributed by atoms with E-state index in [4.69, 9.17) is 9.15 Å². The Balaban J connectivity index is 1.75. The highest BCUT2D eigenvalue weighted by atomic mass is 16.5. The third-order valence-electron chi connectivity index (χ3n) is 3.60. The van der Waals surface area contributed by atoms with E-state index in [9.17, 15) is 4.79 Å². The third kappa shape index (κ3) is 3.54. The zero-order valence-electron chi connectivity index (χ0n) is 13.4. The van der Waals surface area contributed by atoms with E-state index < -0.39 is 5.97 Å². The molecule has 23 heavy (non-hydrogen) atoms. The minimum Gasteiger partial charge on any atom is -0.465 e. The molecule has 2 aromatic rings. The Morgan fingerprint density at radius 3 is 2.87 bits per heavy atom. The van der Waals surface area contributed by atoms with Gasteiger partial charge >= 0.3 is 5.97 Å². The predicted molar refractivity (Wildman–Crippen MR) is 91.2 cm³/mol. The molecule has 0 saturated heterocycles. The van der Waals surface area contributed by atoms with Crippen LogP contribution in [0.1, 0.15) is 32.1 Å². The lowest BCUT2D eigenvalue weighted by Gasteiger charge is -2.31. The van der Waals surface area contributed by atoms with E-state index in [-0.39, 0.29) is 5.54 Å². The summed E-state index contributed by atoms with van der Waals surface area (Å²) in [6.45, 7) is 6.30. The van der Waals surface area contributed by atoms with Gasteiger partial charge in [0.05, 0.1) is 11.8 Å². The molecule has 2 heterocycles. The first-order chi connectivity index (χ1) is 10.9. The van der Waals surface area contributed by atoms with Crippen LogP contribution in [0.15, 0.2) is 53.2 Å². The Labute approximate surface area is 135 Å². The van der Waals surface area contributed by atoms with Gasteiger partial charge in [-0.1, -0.05) is 6.08 Å². The molecule has 1 aromatic heterocycles. The van der Waals surface area contributed by atoms with Crippen molar-refractivity contribution in [1.82, 2.24) is 0 Å². The quantitative estimate of drug-likeness (QED) is 0.515. The largest absolute Gasteiger partial charge is 0.465 e. The minimum atomic E-state index is -0.438. The fourth-order valence-electron chi connectivity index (χ4n) is 2.71. The van der Waals surface area contributed by atoms with Gasteiger partial charge in [-0.05, 0) is 62.8 Å². The van der Waals surface area contributed by atoms with Crippen molar-refractivity contribution in [2.45, 2.75) is 26.3 Å². The molecule has 0 amide bonds. The fraction of sp³-hybridized carbons (Fsp3) is 0.211. The van der Waals surface area contributed by atoms with Crippen LogP contribution in [0.25, 0.3) is 11.6 Å². The van der Waals surface area contributed by atoms with Crippen LogP contribution in [0.3, 0.4) is 0 Å². The highest BCUT2D eigenvalue weighted by Crippen LogP contribution is 2.35. The lowest BCUT2D eigenvalue weighted by Crippen LogP contribution is -2.31. The highest BCUT2D eigenvalue weighted by Gasteiger charge is 2.22. The lowest BCUT2D eigenvalue weighted by atomic mass is 9.91. The van der Waals surface area contributed by atoms with Crippen LogP contribution >= 0.6 is 0 Å². The summed E-state index contributed by atoms with van der Waals surface area (Å²) in [6, 6.07) is 9.13. The number of hydrogen-bond acceptors (Lipinski definition) is 4.